The van der Waals surface area contributed by atoms with Crippen molar-refractivity contribution < 1.29 is 14.0 Å². The number of carbonyl (C=O) groups excluding carboxylic acids is 2. The molecule has 1 atom stereocenters. The van der Waals surface area contributed by atoms with Crippen molar-refractivity contribution in [2.75, 3.05) is 16.8 Å². The van der Waals surface area contributed by atoms with Gasteiger partial charge in [0.15, 0.2) is 0 Å². The number of amides is 3. The average molecular weight is 403 g/mol. The molecule has 0 radical (unpaired) electrons. The van der Waals surface area contributed by atoms with Crippen LogP contribution in [0.1, 0.15) is 11.1 Å². The first-order chi connectivity index (χ1) is 14.6. The molecular weight excluding hydrogens is 381 g/mol. The average Bonchev–Trinajstić information content (AvgIpc) is 3.19. The zero-order chi connectivity index (χ0) is 20.9. The second kappa shape index (κ2) is 8.78. The largest absolute Gasteiger partial charge is 0.326 e. The lowest BCUT2D eigenvalue weighted by Crippen LogP contribution is -2.50. The number of para-hydroxylation sites is 1. The quantitative estimate of drug-likeness (QED) is 0.672. The highest BCUT2D eigenvalue weighted by Crippen LogP contribution is 2.28. The highest BCUT2D eigenvalue weighted by atomic mass is 19.1. The maximum absolute atomic E-state index is 13.4. The molecule has 4 rings (SSSR count). The predicted molar refractivity (Wildman–Crippen MR) is 115 cm³/mol. The fourth-order valence-electron chi connectivity index (χ4n) is 3.66. The molecule has 152 valence electrons. The number of fused-ring (bicyclic) bond motifs is 1. The molecule has 2 N–H and O–H groups in total. The summed E-state index contributed by atoms with van der Waals surface area (Å²) in [5.74, 6) is -0.538. The van der Waals surface area contributed by atoms with Crippen molar-refractivity contribution in [2.45, 2.75) is 18.9 Å². The van der Waals surface area contributed by atoms with E-state index in [1.807, 2.05) is 54.6 Å². The van der Waals surface area contributed by atoms with Crippen LogP contribution in [0.5, 0.6) is 0 Å². The van der Waals surface area contributed by atoms with E-state index < -0.39 is 12.1 Å². The highest BCUT2D eigenvalue weighted by molar-refractivity contribution is 6.02. The number of nitrogens with zero attached hydrogens (tertiary/aromatic N) is 1. The lowest BCUT2D eigenvalue weighted by atomic mass is 10.0. The minimum atomic E-state index is -0.737. The van der Waals surface area contributed by atoms with Gasteiger partial charge in [-0.25, -0.2) is 9.18 Å². The van der Waals surface area contributed by atoms with E-state index in [4.69, 9.17) is 0 Å². The van der Waals surface area contributed by atoms with E-state index in [0.29, 0.717) is 18.7 Å². The Labute approximate surface area is 174 Å². The molecule has 0 saturated carbocycles. The molecule has 1 heterocycles. The van der Waals surface area contributed by atoms with Gasteiger partial charge in [0, 0.05) is 24.3 Å². The minimum absolute atomic E-state index is 0.155. The third-order valence-corrected chi connectivity index (χ3v) is 5.14. The van der Waals surface area contributed by atoms with Gasteiger partial charge in [0.1, 0.15) is 11.9 Å². The molecule has 0 aliphatic carbocycles. The lowest BCUT2D eigenvalue weighted by Gasteiger charge is -2.25. The first kappa shape index (κ1) is 19.6. The van der Waals surface area contributed by atoms with E-state index in [2.05, 4.69) is 10.6 Å². The molecule has 1 aliphatic heterocycles. The van der Waals surface area contributed by atoms with Crippen molar-refractivity contribution in [3.63, 3.8) is 0 Å². The molecule has 3 aromatic rings. The van der Waals surface area contributed by atoms with Crippen molar-refractivity contribution in [2.24, 2.45) is 0 Å². The van der Waals surface area contributed by atoms with Gasteiger partial charge in [-0.2, -0.15) is 0 Å². The van der Waals surface area contributed by atoms with Crippen LogP contribution in [0, 0.1) is 5.82 Å². The van der Waals surface area contributed by atoms with E-state index in [-0.39, 0.29) is 11.7 Å². The molecule has 30 heavy (non-hydrogen) atoms. The van der Waals surface area contributed by atoms with Crippen LogP contribution in [0.4, 0.5) is 20.6 Å². The van der Waals surface area contributed by atoms with E-state index in [9.17, 15) is 14.0 Å². The molecule has 3 amide bonds. The van der Waals surface area contributed by atoms with Crippen molar-refractivity contribution in [1.29, 1.82) is 0 Å². The molecule has 0 fully saturated rings. The van der Waals surface area contributed by atoms with Gasteiger partial charge in [-0.3, -0.25) is 4.79 Å². The summed E-state index contributed by atoms with van der Waals surface area (Å²) in [5.41, 5.74) is 3.41. The zero-order valence-electron chi connectivity index (χ0n) is 16.3. The van der Waals surface area contributed by atoms with Gasteiger partial charge in [0.2, 0.25) is 5.91 Å². The Balaban J connectivity index is 1.52. The van der Waals surface area contributed by atoms with Gasteiger partial charge >= 0.3 is 6.03 Å². The van der Waals surface area contributed by atoms with Crippen molar-refractivity contribution in [1.82, 2.24) is 5.32 Å². The van der Waals surface area contributed by atoms with Crippen LogP contribution in [0.25, 0.3) is 0 Å². The number of nitrogens with one attached hydrogen (secondary N) is 2. The molecule has 0 aromatic heterocycles. The number of hydrogen-bond acceptors (Lipinski definition) is 2. The second-order valence-corrected chi connectivity index (χ2v) is 7.22. The molecule has 1 aliphatic rings. The number of hydrogen-bond donors (Lipinski definition) is 2. The first-order valence-corrected chi connectivity index (χ1v) is 9.86. The van der Waals surface area contributed by atoms with Gasteiger partial charge in [-0.15, -0.1) is 0 Å². The molecule has 0 saturated heterocycles. The molecule has 3 aromatic carbocycles. The van der Waals surface area contributed by atoms with Crippen LogP contribution in [0.2, 0.25) is 0 Å². The summed E-state index contributed by atoms with van der Waals surface area (Å²) in [7, 11) is 0. The van der Waals surface area contributed by atoms with Crippen LogP contribution < -0.4 is 15.5 Å². The Kier molecular flexibility index (Phi) is 5.75. The smallest absolute Gasteiger partial charge is 0.319 e. The predicted octanol–water partition coefficient (Wildman–Crippen LogP) is 4.15. The topological polar surface area (TPSA) is 61.4 Å². The molecule has 0 spiro atoms. The first-order valence-electron chi connectivity index (χ1n) is 9.86. The summed E-state index contributed by atoms with van der Waals surface area (Å²) in [4.78, 5) is 27.7. The second-order valence-electron chi connectivity index (χ2n) is 7.22. The zero-order valence-corrected chi connectivity index (χ0v) is 16.3. The summed E-state index contributed by atoms with van der Waals surface area (Å²) >= 11 is 0. The maximum Gasteiger partial charge on any atom is 0.319 e. The third-order valence-electron chi connectivity index (χ3n) is 5.14. The van der Waals surface area contributed by atoms with Crippen LogP contribution in [0.15, 0.2) is 78.9 Å². The Morgan fingerprint density at radius 3 is 2.40 bits per heavy atom. The molecular formula is C24H22FN3O2. The molecule has 6 heteroatoms. The monoisotopic (exact) mass is 403 g/mol. The lowest BCUT2D eigenvalue weighted by molar-refractivity contribution is -0.120. The number of benzene rings is 3. The number of halogens is 1. The van der Waals surface area contributed by atoms with Crippen molar-refractivity contribution in [3.8, 4) is 0 Å². The third kappa shape index (κ3) is 4.49. The Morgan fingerprint density at radius 1 is 0.933 bits per heavy atom. The van der Waals surface area contributed by atoms with Gasteiger partial charge in [-0.1, -0.05) is 48.5 Å². The minimum Gasteiger partial charge on any atom is -0.326 e. The number of anilines is 2. The summed E-state index contributed by atoms with van der Waals surface area (Å²) < 4.78 is 13.1. The molecule has 0 unspecified atom stereocenters. The van der Waals surface area contributed by atoms with Gasteiger partial charge in [0.25, 0.3) is 0 Å². The number of rotatable bonds is 5. The van der Waals surface area contributed by atoms with Gasteiger partial charge in [0.05, 0.1) is 0 Å². The summed E-state index contributed by atoms with van der Waals surface area (Å²) in [5, 5.41) is 5.46. The van der Waals surface area contributed by atoms with Crippen LogP contribution in [-0.2, 0) is 17.6 Å². The van der Waals surface area contributed by atoms with Crippen molar-refractivity contribution >= 4 is 23.3 Å². The van der Waals surface area contributed by atoms with Crippen LogP contribution in [0.3, 0.4) is 0 Å². The van der Waals surface area contributed by atoms with Crippen LogP contribution >= 0.6 is 0 Å². The van der Waals surface area contributed by atoms with E-state index in [0.717, 1.165) is 23.2 Å². The fraction of sp³-hybridized carbons (Fsp3) is 0.167. The van der Waals surface area contributed by atoms with Gasteiger partial charge < -0.3 is 15.5 Å². The van der Waals surface area contributed by atoms with Crippen molar-refractivity contribution in [3.05, 3.63) is 95.8 Å². The maximum atomic E-state index is 13.4. The van der Waals surface area contributed by atoms with E-state index in [1.54, 1.807) is 4.90 Å². The number of urea groups is 1. The number of carbonyl (C=O) groups is 2. The van der Waals surface area contributed by atoms with Crippen LogP contribution in [-0.4, -0.2) is 24.5 Å². The van der Waals surface area contributed by atoms with Gasteiger partial charge in [-0.05, 0) is 47.9 Å². The molecule has 5 nitrogen and oxygen atoms in total. The summed E-state index contributed by atoms with van der Waals surface area (Å²) in [6.07, 6.45) is 1.16. The standard InChI is InChI=1S/C24H22FN3O2/c25-19-10-12-20(13-11-19)26-24(30)27-21(16-17-6-2-1-3-7-17)23(29)28-15-14-18-8-4-5-9-22(18)28/h1-13,21H,14-16H2,(H2,26,27,30)/t21-/m0/s1. The Hall–Kier alpha value is -3.67. The summed E-state index contributed by atoms with van der Waals surface area (Å²) in [6.45, 7) is 0.588. The Bertz CT molecular complexity index is 1040. The SMILES string of the molecule is O=C(Nc1ccc(F)cc1)N[C@@H](Cc1ccccc1)C(=O)N1CCc2ccccc21. The van der Waals surface area contributed by atoms with E-state index >= 15 is 0 Å². The normalized spacial score (nSPS) is 13.4. The summed E-state index contributed by atoms with van der Waals surface area (Å²) in [6, 6.07) is 21.6. The Morgan fingerprint density at radius 2 is 1.63 bits per heavy atom. The highest BCUT2D eigenvalue weighted by Gasteiger charge is 2.31. The molecule has 0 bridgehead atoms. The fourth-order valence-corrected chi connectivity index (χ4v) is 3.66. The van der Waals surface area contributed by atoms with E-state index in [1.165, 1.54) is 24.3 Å².